The van der Waals surface area contributed by atoms with Crippen molar-refractivity contribution in [2.75, 3.05) is 26.0 Å². The lowest BCUT2D eigenvalue weighted by molar-refractivity contribution is 0.187. The summed E-state index contributed by atoms with van der Waals surface area (Å²) in [7, 11) is 3.48. The fourth-order valence-corrected chi connectivity index (χ4v) is 5.37. The van der Waals surface area contributed by atoms with E-state index in [1.165, 1.54) is 27.0 Å². The number of likely N-dealkylation sites (N-methyl/N-ethyl adjacent to an activating group) is 1. The summed E-state index contributed by atoms with van der Waals surface area (Å²) >= 11 is 6.91. The Kier molecular flexibility index (Phi) is 7.91. The first kappa shape index (κ1) is 21.2. The van der Waals surface area contributed by atoms with Gasteiger partial charge in [0.05, 0.1) is 11.6 Å². The molecule has 0 aliphatic rings. The van der Waals surface area contributed by atoms with Gasteiger partial charge in [-0.2, -0.15) is 0 Å². The fraction of sp³-hybridized carbons (Fsp3) is 0.278. The molecule has 4 nitrogen and oxygen atoms in total. The summed E-state index contributed by atoms with van der Waals surface area (Å²) in [6.07, 6.45) is 0.586. The second kappa shape index (κ2) is 9.71. The number of rotatable bonds is 6. The number of benzene rings is 1. The second-order valence-electron chi connectivity index (χ2n) is 5.74. The normalized spacial score (nSPS) is 10.8. The smallest absolute Gasteiger partial charge is 0.411 e. The van der Waals surface area contributed by atoms with Crippen LogP contribution in [0.5, 0.6) is 0 Å². The average molecular weight is 476 g/mol. The van der Waals surface area contributed by atoms with Gasteiger partial charge in [0, 0.05) is 27.5 Å². The highest BCUT2D eigenvalue weighted by atomic mass is 79.9. The molecule has 26 heavy (non-hydrogen) atoms. The Morgan fingerprint density at radius 2 is 2.00 bits per heavy atom. The molecular weight excluding hydrogens is 456 g/mol. The zero-order chi connectivity index (χ0) is 17.8. The lowest BCUT2D eigenvalue weighted by Gasteiger charge is -2.14. The van der Waals surface area contributed by atoms with Gasteiger partial charge in [0.25, 0.3) is 0 Å². The standard InChI is InChI=1S/C18H19BrN2O2S2.ClH/c1-21(8-7-13-9-12-5-3-4-6-16(12)24-13)11-14-10-15(19)17(25-14)20-18(22)23-2;/h3-6,9-10H,7-8,11H2,1-2H3,(H,20,22);1H. The molecule has 0 saturated carbocycles. The number of thiophene rings is 2. The third kappa shape index (κ3) is 5.44. The predicted octanol–water partition coefficient (Wildman–Crippen LogP) is 6.00. The number of nitrogens with zero attached hydrogens (tertiary/aromatic N) is 1. The Hall–Kier alpha value is -1.12. The van der Waals surface area contributed by atoms with Crippen LogP contribution in [0.4, 0.5) is 9.80 Å². The van der Waals surface area contributed by atoms with Crippen molar-refractivity contribution in [3.63, 3.8) is 0 Å². The molecule has 1 N–H and O–H groups in total. The summed E-state index contributed by atoms with van der Waals surface area (Å²) in [5.41, 5.74) is 0. The Bertz CT molecular complexity index is 848. The number of nitrogens with one attached hydrogen (secondary N) is 1. The highest BCUT2D eigenvalue weighted by Gasteiger charge is 2.12. The van der Waals surface area contributed by atoms with E-state index in [9.17, 15) is 4.79 Å². The lowest BCUT2D eigenvalue weighted by atomic mass is 10.2. The SMILES string of the molecule is COC(=O)Nc1sc(CN(C)CCc2cc3ccccc3s2)cc1Br.Cl. The quantitative estimate of drug-likeness (QED) is 0.475. The van der Waals surface area contributed by atoms with Crippen molar-refractivity contribution in [1.29, 1.82) is 0 Å². The van der Waals surface area contributed by atoms with E-state index in [-0.39, 0.29) is 12.4 Å². The summed E-state index contributed by atoms with van der Waals surface area (Å²) < 4.78 is 6.87. The Morgan fingerprint density at radius 1 is 1.23 bits per heavy atom. The first-order valence-corrected chi connectivity index (χ1v) is 10.3. The number of carbonyl (C=O) groups is 1. The van der Waals surface area contributed by atoms with Gasteiger partial charge in [0.1, 0.15) is 5.00 Å². The van der Waals surface area contributed by atoms with Crippen LogP contribution in [0, 0.1) is 0 Å². The van der Waals surface area contributed by atoms with Crippen LogP contribution >= 0.6 is 51.0 Å². The lowest BCUT2D eigenvalue weighted by Crippen LogP contribution is -2.19. The molecular formula is C18H20BrClN2O2S2. The number of anilines is 1. The minimum atomic E-state index is -0.452. The molecule has 0 aliphatic heterocycles. The molecule has 2 heterocycles. The number of fused-ring (bicyclic) bond motifs is 1. The number of hydrogen-bond donors (Lipinski definition) is 1. The third-order valence-electron chi connectivity index (χ3n) is 3.78. The molecule has 0 radical (unpaired) electrons. The van der Waals surface area contributed by atoms with Crippen molar-refractivity contribution in [2.24, 2.45) is 0 Å². The minimum Gasteiger partial charge on any atom is -0.453 e. The van der Waals surface area contributed by atoms with Crippen LogP contribution in [-0.2, 0) is 17.7 Å². The van der Waals surface area contributed by atoms with E-state index in [1.807, 2.05) is 17.4 Å². The van der Waals surface area contributed by atoms with Crippen LogP contribution in [0.2, 0.25) is 0 Å². The van der Waals surface area contributed by atoms with Crippen molar-refractivity contribution in [3.8, 4) is 0 Å². The molecule has 0 saturated heterocycles. The highest BCUT2D eigenvalue weighted by Crippen LogP contribution is 2.33. The van der Waals surface area contributed by atoms with E-state index in [0.717, 1.165) is 29.0 Å². The summed E-state index contributed by atoms with van der Waals surface area (Å²) in [4.78, 5) is 16.2. The maximum Gasteiger partial charge on any atom is 0.411 e. The van der Waals surface area contributed by atoms with Crippen molar-refractivity contribution in [2.45, 2.75) is 13.0 Å². The molecule has 2 aromatic heterocycles. The van der Waals surface area contributed by atoms with Gasteiger partial charge in [-0.25, -0.2) is 4.79 Å². The van der Waals surface area contributed by atoms with E-state index in [1.54, 1.807) is 11.3 Å². The van der Waals surface area contributed by atoms with Crippen LogP contribution in [0.1, 0.15) is 9.75 Å². The van der Waals surface area contributed by atoms with E-state index in [0.29, 0.717) is 0 Å². The summed E-state index contributed by atoms with van der Waals surface area (Å²) in [5.74, 6) is 0. The minimum absolute atomic E-state index is 0. The highest BCUT2D eigenvalue weighted by molar-refractivity contribution is 9.10. The maximum absolute atomic E-state index is 11.3. The van der Waals surface area contributed by atoms with Crippen LogP contribution in [0.25, 0.3) is 10.1 Å². The van der Waals surface area contributed by atoms with E-state index in [4.69, 9.17) is 0 Å². The van der Waals surface area contributed by atoms with Crippen LogP contribution in [0.15, 0.2) is 40.9 Å². The van der Waals surface area contributed by atoms with E-state index >= 15 is 0 Å². The maximum atomic E-state index is 11.3. The zero-order valence-electron chi connectivity index (χ0n) is 14.5. The largest absolute Gasteiger partial charge is 0.453 e. The number of ether oxygens (including phenoxy) is 1. The number of carbonyl (C=O) groups excluding carboxylic acids is 1. The van der Waals surface area contributed by atoms with Gasteiger partial charge in [-0.15, -0.1) is 35.1 Å². The molecule has 0 fully saturated rings. The molecule has 0 aliphatic carbocycles. The first-order valence-electron chi connectivity index (χ1n) is 7.84. The van der Waals surface area contributed by atoms with Gasteiger partial charge in [0.2, 0.25) is 0 Å². The van der Waals surface area contributed by atoms with Gasteiger partial charge in [-0.3, -0.25) is 5.32 Å². The molecule has 0 unspecified atom stereocenters. The van der Waals surface area contributed by atoms with Crippen LogP contribution < -0.4 is 5.32 Å². The average Bonchev–Trinajstić information content (AvgIpc) is 3.16. The molecule has 0 spiro atoms. The summed E-state index contributed by atoms with van der Waals surface area (Å²) in [5, 5.41) is 4.82. The number of hydrogen-bond acceptors (Lipinski definition) is 5. The topological polar surface area (TPSA) is 41.6 Å². The second-order valence-corrected chi connectivity index (χ2v) is 8.90. The van der Waals surface area contributed by atoms with Crippen molar-refractivity contribution in [1.82, 2.24) is 4.90 Å². The van der Waals surface area contributed by atoms with Gasteiger partial charge in [-0.1, -0.05) is 18.2 Å². The number of halogens is 2. The molecule has 3 rings (SSSR count). The Labute approximate surface area is 175 Å². The van der Waals surface area contributed by atoms with Gasteiger partial charge in [-0.05, 0) is 53.0 Å². The summed E-state index contributed by atoms with van der Waals surface area (Å²) in [6, 6.07) is 12.8. The first-order chi connectivity index (χ1) is 12.0. The fourth-order valence-electron chi connectivity index (χ4n) is 2.53. The Morgan fingerprint density at radius 3 is 2.73 bits per heavy atom. The van der Waals surface area contributed by atoms with Crippen LogP contribution in [-0.4, -0.2) is 31.7 Å². The van der Waals surface area contributed by atoms with Gasteiger partial charge >= 0.3 is 6.09 Å². The van der Waals surface area contributed by atoms with Crippen molar-refractivity contribution < 1.29 is 9.53 Å². The molecule has 8 heteroatoms. The number of methoxy groups -OCH3 is 1. The molecule has 0 bridgehead atoms. The molecule has 0 atom stereocenters. The molecule has 1 aromatic carbocycles. The monoisotopic (exact) mass is 474 g/mol. The predicted molar refractivity (Wildman–Crippen MR) is 117 cm³/mol. The molecule has 3 aromatic rings. The van der Waals surface area contributed by atoms with E-state index < -0.39 is 6.09 Å². The van der Waals surface area contributed by atoms with Crippen LogP contribution in [0.3, 0.4) is 0 Å². The third-order valence-corrected chi connectivity index (χ3v) is 6.88. The van der Waals surface area contributed by atoms with Gasteiger partial charge < -0.3 is 9.64 Å². The van der Waals surface area contributed by atoms with E-state index in [2.05, 4.69) is 68.3 Å². The number of amides is 1. The van der Waals surface area contributed by atoms with Gasteiger partial charge in [0.15, 0.2) is 0 Å². The van der Waals surface area contributed by atoms with Crippen molar-refractivity contribution in [3.05, 3.63) is 50.6 Å². The Balaban J connectivity index is 0.00000243. The zero-order valence-corrected chi connectivity index (χ0v) is 18.5. The summed E-state index contributed by atoms with van der Waals surface area (Å²) in [6.45, 7) is 1.83. The molecule has 140 valence electrons. The molecule has 1 amide bonds. The van der Waals surface area contributed by atoms with Crippen molar-refractivity contribution >= 4 is 72.2 Å².